The van der Waals surface area contributed by atoms with E-state index in [2.05, 4.69) is 5.32 Å². The number of anilines is 1. The largest absolute Gasteiger partial charge is 0.496 e. The molecule has 0 aromatic heterocycles. The number of nitrogens with zero attached hydrogens (tertiary/aromatic N) is 2. The number of methoxy groups -OCH3 is 1. The molecular weight excluding hydrogens is 358 g/mol. The molecule has 0 unspecified atom stereocenters. The summed E-state index contributed by atoms with van der Waals surface area (Å²) in [5, 5.41) is 14.3. The van der Waals surface area contributed by atoms with E-state index in [0.29, 0.717) is 31.6 Å². The van der Waals surface area contributed by atoms with Gasteiger partial charge in [0.05, 0.1) is 18.1 Å². The Kier molecular flexibility index (Phi) is 6.13. The molecule has 1 saturated heterocycles. The van der Waals surface area contributed by atoms with E-state index in [1.165, 1.54) is 6.07 Å². The molecule has 0 saturated carbocycles. The maximum Gasteiger partial charge on any atom is 0.292 e. The second-order valence-electron chi connectivity index (χ2n) is 6.98. The zero-order chi connectivity index (χ0) is 20.1. The number of nitro benzene ring substituents is 1. The van der Waals surface area contributed by atoms with Gasteiger partial charge in [-0.05, 0) is 31.9 Å². The Bertz CT molecular complexity index is 847. The van der Waals surface area contributed by atoms with Gasteiger partial charge in [0.2, 0.25) is 5.91 Å². The molecule has 1 aliphatic rings. The van der Waals surface area contributed by atoms with E-state index in [1.54, 1.807) is 25.3 Å². The molecule has 0 radical (unpaired) electrons. The monoisotopic (exact) mass is 383 g/mol. The Labute approximate surface area is 164 Å². The summed E-state index contributed by atoms with van der Waals surface area (Å²) < 4.78 is 5.37. The molecular formula is C21H25N3O4. The Morgan fingerprint density at radius 2 is 1.82 bits per heavy atom. The highest BCUT2D eigenvalue weighted by atomic mass is 16.6. The van der Waals surface area contributed by atoms with Crippen LogP contribution in [0.5, 0.6) is 5.75 Å². The Balaban J connectivity index is 1.61. The summed E-state index contributed by atoms with van der Waals surface area (Å²) in [6.45, 7) is 3.18. The van der Waals surface area contributed by atoms with E-state index >= 15 is 0 Å². The van der Waals surface area contributed by atoms with Crippen molar-refractivity contribution in [3.63, 3.8) is 0 Å². The van der Waals surface area contributed by atoms with E-state index in [4.69, 9.17) is 4.74 Å². The van der Waals surface area contributed by atoms with Crippen LogP contribution in [0.4, 0.5) is 11.4 Å². The first-order valence-electron chi connectivity index (χ1n) is 9.43. The van der Waals surface area contributed by atoms with Gasteiger partial charge in [-0.25, -0.2) is 0 Å². The molecule has 7 heteroatoms. The molecule has 2 aromatic rings. The van der Waals surface area contributed by atoms with Crippen molar-refractivity contribution >= 4 is 17.3 Å². The minimum atomic E-state index is -0.358. The number of amides is 1. The van der Waals surface area contributed by atoms with Crippen molar-refractivity contribution in [3.8, 4) is 5.75 Å². The molecule has 1 aliphatic heterocycles. The number of piperidine rings is 1. The van der Waals surface area contributed by atoms with Crippen molar-refractivity contribution in [2.75, 3.05) is 25.1 Å². The van der Waals surface area contributed by atoms with Crippen LogP contribution < -0.4 is 15.0 Å². The molecule has 0 bridgehead atoms. The van der Waals surface area contributed by atoms with Crippen LogP contribution in [0, 0.1) is 16.0 Å². The fraction of sp³-hybridized carbons (Fsp3) is 0.381. The molecule has 7 nitrogen and oxygen atoms in total. The number of hydrogen-bond acceptors (Lipinski definition) is 5. The van der Waals surface area contributed by atoms with E-state index in [9.17, 15) is 14.9 Å². The summed E-state index contributed by atoms with van der Waals surface area (Å²) in [5.74, 6) is 0.665. The molecule has 1 amide bonds. The van der Waals surface area contributed by atoms with Gasteiger partial charge >= 0.3 is 0 Å². The molecule has 1 fully saturated rings. The van der Waals surface area contributed by atoms with Gasteiger partial charge in [0, 0.05) is 30.6 Å². The highest BCUT2D eigenvalue weighted by Gasteiger charge is 2.29. The van der Waals surface area contributed by atoms with Crippen molar-refractivity contribution in [1.29, 1.82) is 0 Å². The first-order valence-corrected chi connectivity index (χ1v) is 9.43. The standard InChI is InChI=1S/C21H25N3O4/c1-15(17-7-3-6-10-20(17)28-2)22-21(25)16-11-13-23(14-12-16)18-8-4-5-9-19(18)24(26)27/h3-10,15-16H,11-14H2,1-2H3,(H,22,25)/t15-/m1/s1. The quantitative estimate of drug-likeness (QED) is 0.607. The average Bonchev–Trinajstić information content (AvgIpc) is 2.73. The number of ether oxygens (including phenoxy) is 1. The second-order valence-corrected chi connectivity index (χ2v) is 6.98. The second kappa shape index (κ2) is 8.73. The van der Waals surface area contributed by atoms with Crippen molar-refractivity contribution in [2.45, 2.75) is 25.8 Å². The van der Waals surface area contributed by atoms with Gasteiger partial charge in [0.15, 0.2) is 0 Å². The fourth-order valence-corrected chi connectivity index (χ4v) is 3.70. The van der Waals surface area contributed by atoms with Crippen LogP contribution in [0.2, 0.25) is 0 Å². The lowest BCUT2D eigenvalue weighted by atomic mass is 9.94. The lowest BCUT2D eigenvalue weighted by molar-refractivity contribution is -0.384. The fourth-order valence-electron chi connectivity index (χ4n) is 3.70. The topological polar surface area (TPSA) is 84.7 Å². The zero-order valence-corrected chi connectivity index (χ0v) is 16.1. The molecule has 1 heterocycles. The summed E-state index contributed by atoms with van der Waals surface area (Å²) in [6.07, 6.45) is 1.33. The van der Waals surface area contributed by atoms with Gasteiger partial charge in [-0.3, -0.25) is 14.9 Å². The third-order valence-corrected chi connectivity index (χ3v) is 5.25. The molecule has 2 aromatic carbocycles. The Morgan fingerprint density at radius 3 is 2.50 bits per heavy atom. The predicted molar refractivity (Wildman–Crippen MR) is 108 cm³/mol. The number of hydrogen-bond donors (Lipinski definition) is 1. The minimum absolute atomic E-state index is 0.0145. The summed E-state index contributed by atoms with van der Waals surface area (Å²) in [5.41, 5.74) is 1.67. The average molecular weight is 383 g/mol. The Morgan fingerprint density at radius 1 is 1.18 bits per heavy atom. The SMILES string of the molecule is COc1ccccc1[C@@H](C)NC(=O)C1CCN(c2ccccc2[N+](=O)[O-])CC1. The van der Waals surface area contributed by atoms with E-state index < -0.39 is 0 Å². The number of nitro groups is 1. The first-order chi connectivity index (χ1) is 13.5. The number of rotatable bonds is 6. The van der Waals surface area contributed by atoms with Gasteiger partial charge < -0.3 is 15.0 Å². The first kappa shape index (κ1) is 19.7. The van der Waals surface area contributed by atoms with Crippen molar-refractivity contribution < 1.29 is 14.5 Å². The third-order valence-electron chi connectivity index (χ3n) is 5.25. The number of para-hydroxylation sites is 3. The van der Waals surface area contributed by atoms with Crippen molar-refractivity contribution in [3.05, 3.63) is 64.2 Å². The van der Waals surface area contributed by atoms with Crippen LogP contribution in [-0.4, -0.2) is 31.0 Å². The summed E-state index contributed by atoms with van der Waals surface area (Å²) >= 11 is 0. The summed E-state index contributed by atoms with van der Waals surface area (Å²) in [7, 11) is 1.62. The van der Waals surface area contributed by atoms with E-state index in [0.717, 1.165) is 11.3 Å². The van der Waals surface area contributed by atoms with Gasteiger partial charge in [-0.2, -0.15) is 0 Å². The smallest absolute Gasteiger partial charge is 0.292 e. The highest BCUT2D eigenvalue weighted by molar-refractivity contribution is 5.79. The maximum atomic E-state index is 12.7. The molecule has 1 atom stereocenters. The van der Waals surface area contributed by atoms with Crippen molar-refractivity contribution in [1.82, 2.24) is 5.32 Å². The van der Waals surface area contributed by atoms with Crippen LogP contribution in [0.15, 0.2) is 48.5 Å². The lowest BCUT2D eigenvalue weighted by Crippen LogP contribution is -2.41. The van der Waals surface area contributed by atoms with E-state index in [-0.39, 0.29) is 28.5 Å². The normalized spacial score (nSPS) is 15.7. The molecule has 28 heavy (non-hydrogen) atoms. The minimum Gasteiger partial charge on any atom is -0.496 e. The predicted octanol–water partition coefficient (Wildman–Crippen LogP) is 3.70. The lowest BCUT2D eigenvalue weighted by Gasteiger charge is -2.33. The van der Waals surface area contributed by atoms with Crippen LogP contribution >= 0.6 is 0 Å². The highest BCUT2D eigenvalue weighted by Crippen LogP contribution is 2.31. The summed E-state index contributed by atoms with van der Waals surface area (Å²) in [4.78, 5) is 25.6. The van der Waals surface area contributed by atoms with Crippen LogP contribution in [-0.2, 0) is 4.79 Å². The Hall–Kier alpha value is -3.09. The number of carbonyl (C=O) groups excluding carboxylic acids is 1. The molecule has 148 valence electrons. The number of nitrogens with one attached hydrogen (secondary N) is 1. The molecule has 0 aliphatic carbocycles. The molecule has 0 spiro atoms. The summed E-state index contributed by atoms with van der Waals surface area (Å²) in [6, 6.07) is 14.2. The molecule has 1 N–H and O–H groups in total. The molecule has 3 rings (SSSR count). The number of benzene rings is 2. The maximum absolute atomic E-state index is 12.7. The van der Waals surface area contributed by atoms with Gasteiger partial charge in [0.1, 0.15) is 11.4 Å². The number of carbonyl (C=O) groups is 1. The van der Waals surface area contributed by atoms with Crippen LogP contribution in [0.1, 0.15) is 31.4 Å². The van der Waals surface area contributed by atoms with Gasteiger partial charge in [-0.15, -0.1) is 0 Å². The van der Waals surface area contributed by atoms with E-state index in [1.807, 2.05) is 36.1 Å². The van der Waals surface area contributed by atoms with Crippen LogP contribution in [0.3, 0.4) is 0 Å². The van der Waals surface area contributed by atoms with Gasteiger partial charge in [-0.1, -0.05) is 30.3 Å². The van der Waals surface area contributed by atoms with Crippen molar-refractivity contribution in [2.24, 2.45) is 5.92 Å². The van der Waals surface area contributed by atoms with Crippen LogP contribution in [0.25, 0.3) is 0 Å². The third kappa shape index (κ3) is 4.24. The zero-order valence-electron chi connectivity index (χ0n) is 16.1. The van der Waals surface area contributed by atoms with Gasteiger partial charge in [0.25, 0.3) is 5.69 Å².